The number of rotatable bonds is 8. The molecule has 2 heterocycles. The third kappa shape index (κ3) is 7.16. The van der Waals surface area contributed by atoms with Crippen LogP contribution in [0.25, 0.3) is 20.7 Å². The molecule has 0 spiro atoms. The zero-order chi connectivity index (χ0) is 31.2. The molecule has 0 saturated carbocycles. The number of thiophene rings is 1. The fraction of sp³-hybridized carbons (Fsp3) is 0.250. The topological polar surface area (TPSA) is 103 Å². The Morgan fingerprint density at radius 2 is 1.57 bits per heavy atom. The molecule has 0 amide bonds. The normalized spacial score (nSPS) is 13.2. The number of ether oxygens (including phenoxy) is 3. The Bertz CT molecular complexity index is 1730. The van der Waals surface area contributed by atoms with Crippen LogP contribution in [0.3, 0.4) is 0 Å². The quantitative estimate of drug-likeness (QED) is 0.234. The number of hydrogen-bond acceptors (Lipinski definition) is 7. The van der Waals surface area contributed by atoms with Crippen molar-refractivity contribution in [3.8, 4) is 33.4 Å². The van der Waals surface area contributed by atoms with Gasteiger partial charge in [-0.05, 0) is 65.8 Å². The molecule has 2 N–H and O–H groups in total. The van der Waals surface area contributed by atoms with E-state index in [2.05, 4.69) is 4.74 Å². The summed E-state index contributed by atoms with van der Waals surface area (Å²) in [6, 6.07) is 8.51. The number of alkyl halides is 6. The summed E-state index contributed by atoms with van der Waals surface area (Å²) in [4.78, 5) is 27.1. The minimum absolute atomic E-state index is 0.0456. The minimum atomic E-state index is -5.02. The Balaban J connectivity index is 1.77. The second-order valence-corrected chi connectivity index (χ2v) is 9.90. The molecule has 4 aromatic rings. The molecule has 0 saturated heterocycles. The number of nitrogens with zero attached hydrogens (tertiary/aromatic N) is 1. The maximum absolute atomic E-state index is 13.0. The van der Waals surface area contributed by atoms with E-state index < -0.39 is 47.5 Å². The molecular weight excluding hydrogens is 591 g/mol. The molecule has 0 aliphatic heterocycles. The highest BCUT2D eigenvalue weighted by molar-refractivity contribution is 7.22. The molecule has 0 fully saturated rings. The van der Waals surface area contributed by atoms with Gasteiger partial charge in [-0.25, -0.2) is 4.79 Å². The molecular formula is C24H15B3F6N2O6S. The van der Waals surface area contributed by atoms with Gasteiger partial charge in [-0.1, -0.05) is 0 Å². The van der Waals surface area contributed by atoms with Crippen LogP contribution < -0.4 is 25.5 Å². The van der Waals surface area contributed by atoms with E-state index in [0.717, 1.165) is 23.5 Å². The second-order valence-electron chi connectivity index (χ2n) is 8.90. The van der Waals surface area contributed by atoms with E-state index in [0.29, 0.717) is 15.0 Å². The fourth-order valence-electron chi connectivity index (χ4n) is 3.83. The Kier molecular flexibility index (Phi) is 8.26. The van der Waals surface area contributed by atoms with Crippen molar-refractivity contribution in [3.05, 3.63) is 68.9 Å². The maximum Gasteiger partial charge on any atom is 0.573 e. The van der Waals surface area contributed by atoms with Crippen molar-refractivity contribution in [2.24, 2.45) is 0 Å². The van der Waals surface area contributed by atoms with Crippen LogP contribution >= 0.6 is 11.3 Å². The van der Waals surface area contributed by atoms with Gasteiger partial charge < -0.3 is 19.3 Å². The fourth-order valence-corrected chi connectivity index (χ4v) is 5.14. The number of halogens is 6. The third-order valence-electron chi connectivity index (χ3n) is 5.58. The first-order chi connectivity index (χ1) is 19.3. The van der Waals surface area contributed by atoms with Crippen LogP contribution in [0.15, 0.2) is 52.1 Å². The number of nitrogens with one attached hydrogen (secondary N) is 1. The summed E-state index contributed by atoms with van der Waals surface area (Å²) >= 11 is 0.796. The van der Waals surface area contributed by atoms with Crippen molar-refractivity contribution >= 4 is 45.1 Å². The SMILES string of the molecule is [B]C([B])([B])Oc1cc(-c2sc3c(c2C)c(=O)[nH]c(=O)n3C[C@@H](O)C(F)(F)F)ccc1Oc1ccc(OC(F)(F)F)cc1. The zero-order valence-electron chi connectivity index (χ0n) is 21.2. The van der Waals surface area contributed by atoms with Gasteiger partial charge in [0.1, 0.15) is 39.9 Å². The summed E-state index contributed by atoms with van der Waals surface area (Å²) in [6.07, 6.45) is -12.8. The number of aryl methyl sites for hydroxylation is 1. The molecule has 18 heteroatoms. The number of aliphatic hydroxyl groups is 1. The van der Waals surface area contributed by atoms with Gasteiger partial charge in [0.2, 0.25) is 0 Å². The first kappa shape index (κ1) is 31.2. The largest absolute Gasteiger partial charge is 0.573 e. The van der Waals surface area contributed by atoms with Crippen molar-refractivity contribution in [2.45, 2.75) is 37.4 Å². The highest BCUT2D eigenvalue weighted by atomic mass is 32.1. The van der Waals surface area contributed by atoms with Gasteiger partial charge in [-0.2, -0.15) is 13.2 Å². The van der Waals surface area contributed by atoms with Gasteiger partial charge in [-0.15, -0.1) is 24.5 Å². The van der Waals surface area contributed by atoms with Crippen molar-refractivity contribution in [1.29, 1.82) is 0 Å². The van der Waals surface area contributed by atoms with Crippen molar-refractivity contribution in [2.75, 3.05) is 0 Å². The smallest absolute Gasteiger partial charge is 0.512 e. The first-order valence-corrected chi connectivity index (χ1v) is 12.4. The van der Waals surface area contributed by atoms with Crippen LogP contribution in [-0.4, -0.2) is 62.1 Å². The molecule has 6 radical (unpaired) electrons. The Morgan fingerprint density at radius 1 is 0.952 bits per heavy atom. The molecule has 2 aromatic carbocycles. The summed E-state index contributed by atoms with van der Waals surface area (Å²) in [5, 5.41) is 7.23. The third-order valence-corrected chi connectivity index (χ3v) is 6.94. The average Bonchev–Trinajstić information content (AvgIpc) is 3.19. The molecule has 0 aliphatic rings. The van der Waals surface area contributed by atoms with Crippen LogP contribution in [-0.2, 0) is 6.54 Å². The van der Waals surface area contributed by atoms with E-state index in [4.69, 9.17) is 33.0 Å². The lowest BCUT2D eigenvalue weighted by Crippen LogP contribution is -2.38. The molecule has 0 unspecified atom stereocenters. The standard InChI is InChI=1S/C24H15B3F6N2O6S/c1-10-17-19(37)34-21(38)35(9-16(36)22(28,29)30)20(17)42-18(10)11-2-7-14(15(8-11)41-23(25,26)27)39-12-3-5-13(6-4-12)40-24(31,32)33/h2-8,16,36H,9H2,1H3,(H,34,37,38)/t16-/m1/s1. The van der Waals surface area contributed by atoms with Crippen LogP contribution in [0.2, 0.25) is 0 Å². The predicted molar refractivity (Wildman–Crippen MR) is 143 cm³/mol. The lowest BCUT2D eigenvalue weighted by atomic mass is 9.52. The zero-order valence-corrected chi connectivity index (χ0v) is 22.0. The average molecular weight is 606 g/mol. The summed E-state index contributed by atoms with van der Waals surface area (Å²) in [7, 11) is 16.8. The minimum Gasteiger partial charge on any atom is -0.512 e. The highest BCUT2D eigenvalue weighted by Crippen LogP contribution is 2.42. The molecule has 1 atom stereocenters. The van der Waals surface area contributed by atoms with Crippen molar-refractivity contribution in [1.82, 2.24) is 9.55 Å². The highest BCUT2D eigenvalue weighted by Gasteiger charge is 2.39. The van der Waals surface area contributed by atoms with Crippen LogP contribution in [0, 0.1) is 6.92 Å². The van der Waals surface area contributed by atoms with Gasteiger partial charge in [-0.3, -0.25) is 14.3 Å². The molecule has 214 valence electrons. The van der Waals surface area contributed by atoms with Crippen molar-refractivity contribution in [3.63, 3.8) is 0 Å². The van der Waals surface area contributed by atoms with Gasteiger partial charge >= 0.3 is 18.2 Å². The number of aromatic amines is 1. The number of aromatic nitrogens is 2. The Morgan fingerprint density at radius 3 is 2.14 bits per heavy atom. The van der Waals surface area contributed by atoms with Gasteiger partial charge in [0.25, 0.3) is 5.56 Å². The number of hydrogen-bond donors (Lipinski definition) is 2. The number of aliphatic hydroxyl groups excluding tert-OH is 1. The van der Waals surface area contributed by atoms with Gasteiger partial charge in [0.05, 0.1) is 11.9 Å². The molecule has 0 bridgehead atoms. The van der Waals surface area contributed by atoms with E-state index >= 15 is 0 Å². The van der Waals surface area contributed by atoms with Gasteiger partial charge in [0.15, 0.2) is 17.6 Å². The first-order valence-electron chi connectivity index (χ1n) is 11.6. The lowest BCUT2D eigenvalue weighted by Gasteiger charge is -2.25. The molecule has 42 heavy (non-hydrogen) atoms. The summed E-state index contributed by atoms with van der Waals surface area (Å²) in [5.41, 5.74) is -1.41. The van der Waals surface area contributed by atoms with Crippen molar-refractivity contribution < 1.29 is 45.7 Å². The number of H-pyrrole nitrogens is 1. The molecule has 4 rings (SSSR count). The van der Waals surface area contributed by atoms with E-state index in [1.54, 1.807) is 0 Å². The second kappa shape index (κ2) is 11.1. The predicted octanol–water partition coefficient (Wildman–Crippen LogP) is 3.84. The Hall–Kier alpha value is -3.79. The van der Waals surface area contributed by atoms with Gasteiger partial charge in [0, 0.05) is 4.88 Å². The summed E-state index contributed by atoms with van der Waals surface area (Å²) < 4.78 is 91.9. The van der Waals surface area contributed by atoms with Crippen LogP contribution in [0.5, 0.6) is 23.0 Å². The van der Waals surface area contributed by atoms with E-state index in [1.165, 1.54) is 37.3 Å². The number of fused-ring (bicyclic) bond motifs is 1. The Labute approximate surface area is 240 Å². The summed E-state index contributed by atoms with van der Waals surface area (Å²) in [6.45, 7) is 0.325. The number of benzene rings is 2. The monoisotopic (exact) mass is 606 g/mol. The van der Waals surface area contributed by atoms with E-state index in [1.807, 2.05) is 4.98 Å². The summed E-state index contributed by atoms with van der Waals surface area (Å²) in [5.74, 6) is -0.652. The lowest BCUT2D eigenvalue weighted by molar-refractivity contribution is -0.274. The molecule has 8 nitrogen and oxygen atoms in total. The van der Waals surface area contributed by atoms with E-state index in [9.17, 15) is 41.0 Å². The maximum atomic E-state index is 13.0. The van der Waals surface area contributed by atoms with Crippen LogP contribution in [0.1, 0.15) is 5.56 Å². The van der Waals surface area contributed by atoms with E-state index in [-0.39, 0.29) is 33.0 Å². The molecule has 2 aromatic heterocycles. The molecule has 0 aliphatic carbocycles. The van der Waals surface area contributed by atoms with Crippen LogP contribution in [0.4, 0.5) is 26.3 Å².